The largest absolute Gasteiger partial charge is 0.372 e. The van der Waals surface area contributed by atoms with Crippen molar-refractivity contribution < 1.29 is 0 Å². The van der Waals surface area contributed by atoms with Crippen LogP contribution in [0.3, 0.4) is 0 Å². The van der Waals surface area contributed by atoms with Crippen LogP contribution in [0.4, 0.5) is 0 Å². The number of halogens is 1. The van der Waals surface area contributed by atoms with E-state index in [1.807, 2.05) is 13.1 Å². The molecule has 1 aliphatic rings. The molecule has 0 spiro atoms. The quantitative estimate of drug-likeness (QED) is 0.591. The molecule has 1 atom stereocenters. The summed E-state index contributed by atoms with van der Waals surface area (Å²) in [6.07, 6.45) is 7.08. The van der Waals surface area contributed by atoms with E-state index in [1.54, 1.807) is 0 Å². The molecule has 1 aliphatic heterocycles. The van der Waals surface area contributed by atoms with Gasteiger partial charge in [-0.05, 0) is 34.1 Å². The highest BCUT2D eigenvalue weighted by Crippen LogP contribution is 2.25. The van der Waals surface area contributed by atoms with Gasteiger partial charge in [0.25, 0.3) is 0 Å². The highest BCUT2D eigenvalue weighted by molar-refractivity contribution is 9.12. The van der Waals surface area contributed by atoms with Gasteiger partial charge < -0.3 is 10.2 Å². The van der Waals surface area contributed by atoms with Crippen LogP contribution >= 0.6 is 15.9 Å². The van der Waals surface area contributed by atoms with Crippen LogP contribution in [0.2, 0.25) is 0 Å². The van der Waals surface area contributed by atoms with Gasteiger partial charge >= 0.3 is 0 Å². The molecule has 0 bridgehead atoms. The summed E-state index contributed by atoms with van der Waals surface area (Å²) in [7, 11) is 0. The summed E-state index contributed by atoms with van der Waals surface area (Å²) < 4.78 is 1.11. The number of rotatable bonds is 5. The molecule has 1 N–H and O–H groups in total. The van der Waals surface area contributed by atoms with E-state index in [9.17, 15) is 0 Å². The Bertz CT molecular complexity index is 461. The Morgan fingerprint density at radius 2 is 2.14 bits per heavy atom. The van der Waals surface area contributed by atoms with Crippen LogP contribution < -0.4 is 5.32 Å². The second-order valence-electron chi connectivity index (χ2n) is 5.41. The van der Waals surface area contributed by atoms with Crippen molar-refractivity contribution in [2.24, 2.45) is 4.99 Å². The van der Waals surface area contributed by atoms with Crippen LogP contribution in [-0.4, -0.2) is 36.3 Å². The van der Waals surface area contributed by atoms with E-state index in [0.717, 1.165) is 36.2 Å². The molecule has 0 aliphatic carbocycles. The molecule has 0 aromatic rings. The van der Waals surface area contributed by atoms with Gasteiger partial charge in [0.15, 0.2) is 0 Å². The van der Waals surface area contributed by atoms with Crippen LogP contribution in [0.25, 0.3) is 0 Å². The average molecular weight is 354 g/mol. The van der Waals surface area contributed by atoms with E-state index < -0.39 is 0 Å². The minimum Gasteiger partial charge on any atom is -0.372 e. The molecule has 4 heteroatoms. The van der Waals surface area contributed by atoms with Crippen LogP contribution in [0.15, 0.2) is 39.1 Å². The van der Waals surface area contributed by atoms with Crippen molar-refractivity contribution in [2.75, 3.05) is 19.6 Å². The van der Waals surface area contributed by atoms with Gasteiger partial charge in [-0.1, -0.05) is 35.0 Å². The fourth-order valence-corrected chi connectivity index (χ4v) is 3.06. The Hall–Kier alpha value is -0.870. The Labute approximate surface area is 138 Å². The second-order valence-corrected chi connectivity index (χ2v) is 6.26. The van der Waals surface area contributed by atoms with E-state index in [2.05, 4.69) is 71.0 Å². The molecule has 0 amide bonds. The molecule has 21 heavy (non-hydrogen) atoms. The van der Waals surface area contributed by atoms with Crippen molar-refractivity contribution in [2.45, 2.75) is 47.1 Å². The topological polar surface area (TPSA) is 27.6 Å². The number of nitrogens with one attached hydrogen (secondary N) is 1. The van der Waals surface area contributed by atoms with Crippen molar-refractivity contribution in [3.05, 3.63) is 34.1 Å². The van der Waals surface area contributed by atoms with Crippen LogP contribution in [0.5, 0.6) is 0 Å². The summed E-state index contributed by atoms with van der Waals surface area (Å²) >= 11 is 3.69. The third-order valence-electron chi connectivity index (χ3n) is 3.67. The first kappa shape index (κ1) is 18.2. The lowest BCUT2D eigenvalue weighted by Crippen LogP contribution is -2.48. The molecule has 1 fully saturated rings. The predicted molar refractivity (Wildman–Crippen MR) is 97.0 cm³/mol. The van der Waals surface area contributed by atoms with Gasteiger partial charge in [0, 0.05) is 53.3 Å². The lowest BCUT2D eigenvalue weighted by molar-refractivity contribution is 0.255. The smallest absolute Gasteiger partial charge is 0.0473 e. The molecule has 1 rings (SSSR count). The summed E-state index contributed by atoms with van der Waals surface area (Å²) in [6.45, 7) is 13.8. The Morgan fingerprint density at radius 1 is 1.43 bits per heavy atom. The maximum atomic E-state index is 4.58. The van der Waals surface area contributed by atoms with Gasteiger partial charge in [-0.3, -0.25) is 4.99 Å². The van der Waals surface area contributed by atoms with Crippen molar-refractivity contribution in [1.29, 1.82) is 0 Å². The molecule has 0 aromatic heterocycles. The SMILES string of the molecule is C\C=C(Br)/C(=C(/C)N1CCNC(C)C1)C(/C)=N/C=C/CC. The molecule has 0 saturated carbocycles. The molecular weight excluding hydrogens is 326 g/mol. The third-order valence-corrected chi connectivity index (χ3v) is 4.52. The summed E-state index contributed by atoms with van der Waals surface area (Å²) in [5, 5.41) is 3.49. The molecule has 118 valence electrons. The number of nitrogens with zero attached hydrogens (tertiary/aromatic N) is 2. The fourth-order valence-electron chi connectivity index (χ4n) is 2.48. The monoisotopic (exact) mass is 353 g/mol. The van der Waals surface area contributed by atoms with Gasteiger partial charge in [-0.2, -0.15) is 0 Å². The van der Waals surface area contributed by atoms with Crippen molar-refractivity contribution in [3.63, 3.8) is 0 Å². The van der Waals surface area contributed by atoms with Crippen molar-refractivity contribution in [1.82, 2.24) is 10.2 Å². The number of hydrogen-bond acceptors (Lipinski definition) is 3. The first-order chi connectivity index (χ1) is 10.0. The first-order valence-corrected chi connectivity index (χ1v) is 8.51. The molecule has 1 heterocycles. The van der Waals surface area contributed by atoms with Gasteiger partial charge in [-0.25, -0.2) is 0 Å². The van der Waals surface area contributed by atoms with Crippen LogP contribution in [0, 0.1) is 0 Å². The van der Waals surface area contributed by atoms with E-state index >= 15 is 0 Å². The van der Waals surface area contributed by atoms with Gasteiger partial charge in [-0.15, -0.1) is 0 Å². The molecule has 1 unspecified atom stereocenters. The summed E-state index contributed by atoms with van der Waals surface area (Å²) in [5.41, 5.74) is 3.54. The van der Waals surface area contributed by atoms with Crippen LogP contribution in [0.1, 0.15) is 41.0 Å². The first-order valence-electron chi connectivity index (χ1n) is 7.72. The lowest BCUT2D eigenvalue weighted by Gasteiger charge is -2.35. The minimum absolute atomic E-state index is 0.525. The minimum atomic E-state index is 0.525. The zero-order valence-corrected chi connectivity index (χ0v) is 15.5. The Kier molecular flexibility index (Phi) is 7.97. The third kappa shape index (κ3) is 5.44. The maximum Gasteiger partial charge on any atom is 0.0473 e. The van der Waals surface area contributed by atoms with Crippen molar-refractivity contribution in [3.8, 4) is 0 Å². The van der Waals surface area contributed by atoms with E-state index in [-0.39, 0.29) is 0 Å². The number of piperazine rings is 1. The van der Waals surface area contributed by atoms with Crippen LogP contribution in [-0.2, 0) is 0 Å². The number of hydrogen-bond donors (Lipinski definition) is 1. The highest BCUT2D eigenvalue weighted by atomic mass is 79.9. The zero-order chi connectivity index (χ0) is 15.8. The standard InChI is InChI=1S/C17H28BrN3/c1-6-8-9-20-14(4)17(16(18)7-2)15(5)21-11-10-19-13(3)12-21/h7-9,13,19H,6,10-12H2,1-5H3/b9-8+,16-7+,17-15-,20-14+. The normalized spacial score (nSPS) is 22.8. The van der Waals surface area contributed by atoms with E-state index in [1.165, 1.54) is 11.3 Å². The van der Waals surface area contributed by atoms with Gasteiger partial charge in [0.05, 0.1) is 0 Å². The van der Waals surface area contributed by atoms with E-state index in [4.69, 9.17) is 0 Å². The predicted octanol–water partition coefficient (Wildman–Crippen LogP) is 4.24. The lowest BCUT2D eigenvalue weighted by atomic mass is 10.1. The summed E-state index contributed by atoms with van der Waals surface area (Å²) in [6, 6.07) is 0.525. The second kappa shape index (κ2) is 9.21. The number of aliphatic imine (C=N–C) groups is 1. The fraction of sp³-hybridized carbons (Fsp3) is 0.588. The Balaban J connectivity index is 3.13. The summed E-state index contributed by atoms with van der Waals surface area (Å²) in [5.74, 6) is 0. The molecule has 3 nitrogen and oxygen atoms in total. The molecule has 1 saturated heterocycles. The summed E-state index contributed by atoms with van der Waals surface area (Å²) in [4.78, 5) is 7.03. The molecule has 0 aromatic carbocycles. The average Bonchev–Trinajstić information content (AvgIpc) is 2.47. The molecule has 0 radical (unpaired) electrons. The molecular formula is C17H28BrN3. The zero-order valence-electron chi connectivity index (χ0n) is 13.9. The maximum absolute atomic E-state index is 4.58. The Morgan fingerprint density at radius 3 is 2.71 bits per heavy atom. The van der Waals surface area contributed by atoms with Crippen molar-refractivity contribution >= 4 is 21.6 Å². The highest BCUT2D eigenvalue weighted by Gasteiger charge is 2.20. The van der Waals surface area contributed by atoms with Gasteiger partial charge in [0.2, 0.25) is 0 Å². The number of allylic oxidation sites excluding steroid dienone is 5. The van der Waals surface area contributed by atoms with E-state index in [0.29, 0.717) is 6.04 Å². The van der Waals surface area contributed by atoms with Gasteiger partial charge in [0.1, 0.15) is 0 Å².